The molecule has 27 heavy (non-hydrogen) atoms. The maximum absolute atomic E-state index is 12.2. The van der Waals surface area contributed by atoms with Gasteiger partial charge in [0.05, 0.1) is 19.2 Å². The van der Waals surface area contributed by atoms with Crippen molar-refractivity contribution in [2.24, 2.45) is 0 Å². The van der Waals surface area contributed by atoms with Crippen LogP contribution in [0.3, 0.4) is 0 Å². The van der Waals surface area contributed by atoms with Crippen LogP contribution in [0.2, 0.25) is 0 Å². The van der Waals surface area contributed by atoms with Crippen molar-refractivity contribution in [3.05, 3.63) is 77.1 Å². The van der Waals surface area contributed by atoms with Crippen LogP contribution >= 0.6 is 0 Å². The molecule has 0 aliphatic heterocycles. The SMILES string of the molecule is COc1ccc(Cn2cc(-c3nc(-c4cccnc4)no3)ccc2=O)cn1. The third-order valence-electron chi connectivity index (χ3n) is 3.94. The summed E-state index contributed by atoms with van der Waals surface area (Å²) in [7, 11) is 1.56. The number of nitrogens with zero attached hydrogens (tertiary/aromatic N) is 5. The van der Waals surface area contributed by atoms with Crippen LogP contribution in [0.1, 0.15) is 5.56 Å². The molecule has 0 aromatic carbocycles. The second-order valence-electron chi connectivity index (χ2n) is 5.76. The third kappa shape index (κ3) is 3.59. The lowest BCUT2D eigenvalue weighted by atomic mass is 10.2. The minimum absolute atomic E-state index is 0.137. The van der Waals surface area contributed by atoms with E-state index in [1.54, 1.807) is 54.7 Å². The highest BCUT2D eigenvalue weighted by Gasteiger charge is 2.12. The molecule has 0 N–H and O–H groups in total. The van der Waals surface area contributed by atoms with E-state index in [1.165, 1.54) is 6.07 Å². The van der Waals surface area contributed by atoms with Crippen molar-refractivity contribution in [3.8, 4) is 28.7 Å². The smallest absolute Gasteiger partial charge is 0.259 e. The van der Waals surface area contributed by atoms with E-state index in [-0.39, 0.29) is 5.56 Å². The van der Waals surface area contributed by atoms with Gasteiger partial charge < -0.3 is 13.8 Å². The maximum atomic E-state index is 12.2. The lowest BCUT2D eigenvalue weighted by Gasteiger charge is -2.07. The van der Waals surface area contributed by atoms with Crippen LogP contribution in [0.5, 0.6) is 5.88 Å². The summed E-state index contributed by atoms with van der Waals surface area (Å²) in [5, 5.41) is 3.98. The van der Waals surface area contributed by atoms with Gasteiger partial charge in [0.25, 0.3) is 11.4 Å². The summed E-state index contributed by atoms with van der Waals surface area (Å²) >= 11 is 0. The molecule has 0 spiro atoms. The standard InChI is InChI=1S/C19H15N5O3/c1-26-16-6-4-13(9-21-16)11-24-12-15(5-7-17(24)25)19-22-18(23-27-19)14-3-2-8-20-10-14/h2-10,12H,11H2,1H3. The Kier molecular flexibility index (Phi) is 4.44. The van der Waals surface area contributed by atoms with Gasteiger partial charge in [0, 0.05) is 42.5 Å². The van der Waals surface area contributed by atoms with Crippen molar-refractivity contribution in [1.29, 1.82) is 0 Å². The Bertz CT molecular complexity index is 1100. The lowest BCUT2D eigenvalue weighted by molar-refractivity contribution is 0.397. The van der Waals surface area contributed by atoms with Crippen molar-refractivity contribution in [1.82, 2.24) is 24.7 Å². The Hall–Kier alpha value is -3.81. The number of aromatic nitrogens is 5. The van der Waals surface area contributed by atoms with Crippen LogP contribution in [-0.4, -0.2) is 31.8 Å². The van der Waals surface area contributed by atoms with Gasteiger partial charge in [-0.25, -0.2) is 4.98 Å². The number of pyridine rings is 3. The van der Waals surface area contributed by atoms with E-state index in [0.717, 1.165) is 11.1 Å². The molecular formula is C19H15N5O3. The molecule has 4 aromatic heterocycles. The number of hydrogen-bond donors (Lipinski definition) is 0. The van der Waals surface area contributed by atoms with Crippen LogP contribution in [0.25, 0.3) is 22.8 Å². The fourth-order valence-electron chi connectivity index (χ4n) is 2.56. The molecule has 134 valence electrons. The van der Waals surface area contributed by atoms with Crippen LogP contribution in [0.4, 0.5) is 0 Å². The van der Waals surface area contributed by atoms with E-state index < -0.39 is 0 Å². The Morgan fingerprint density at radius 1 is 1.11 bits per heavy atom. The van der Waals surface area contributed by atoms with Crippen molar-refractivity contribution in [3.63, 3.8) is 0 Å². The molecule has 0 amide bonds. The molecule has 0 saturated carbocycles. The van der Waals surface area contributed by atoms with Gasteiger partial charge in [0.2, 0.25) is 11.7 Å². The van der Waals surface area contributed by atoms with Crippen LogP contribution in [0.15, 0.2) is 70.5 Å². The summed E-state index contributed by atoms with van der Waals surface area (Å²) in [6, 6.07) is 10.4. The molecule has 8 heteroatoms. The normalized spacial score (nSPS) is 10.7. The lowest BCUT2D eigenvalue weighted by Crippen LogP contribution is -2.19. The monoisotopic (exact) mass is 361 g/mol. The number of rotatable bonds is 5. The van der Waals surface area contributed by atoms with E-state index >= 15 is 0 Å². The largest absolute Gasteiger partial charge is 0.481 e. The van der Waals surface area contributed by atoms with Crippen molar-refractivity contribution in [2.75, 3.05) is 7.11 Å². The van der Waals surface area contributed by atoms with Crippen molar-refractivity contribution >= 4 is 0 Å². The second kappa shape index (κ2) is 7.20. The van der Waals surface area contributed by atoms with Gasteiger partial charge >= 0.3 is 0 Å². The van der Waals surface area contributed by atoms with Crippen LogP contribution in [0, 0.1) is 0 Å². The average Bonchev–Trinajstić information content (AvgIpc) is 3.21. The Balaban J connectivity index is 1.62. The topological polar surface area (TPSA) is 95.9 Å². The molecule has 0 saturated heterocycles. The van der Waals surface area contributed by atoms with Crippen molar-refractivity contribution < 1.29 is 9.26 Å². The molecule has 0 fully saturated rings. The van der Waals surface area contributed by atoms with Gasteiger partial charge in [-0.1, -0.05) is 11.2 Å². The zero-order valence-electron chi connectivity index (χ0n) is 14.4. The summed E-state index contributed by atoms with van der Waals surface area (Å²) in [6.07, 6.45) is 6.69. The van der Waals surface area contributed by atoms with Gasteiger partial charge in [-0.05, 0) is 23.8 Å². The second-order valence-corrected chi connectivity index (χ2v) is 5.76. The molecule has 4 aromatic rings. The summed E-state index contributed by atoms with van der Waals surface area (Å²) < 4.78 is 12.0. The fraction of sp³-hybridized carbons (Fsp3) is 0.105. The van der Waals surface area contributed by atoms with Gasteiger partial charge in [-0.15, -0.1) is 0 Å². The Morgan fingerprint density at radius 2 is 2.04 bits per heavy atom. The average molecular weight is 361 g/mol. The minimum atomic E-state index is -0.137. The molecule has 0 aliphatic carbocycles. The maximum Gasteiger partial charge on any atom is 0.259 e. The van der Waals surface area contributed by atoms with Crippen LogP contribution < -0.4 is 10.3 Å². The molecule has 4 rings (SSSR count). The van der Waals surface area contributed by atoms with E-state index in [2.05, 4.69) is 20.1 Å². The number of hydrogen-bond acceptors (Lipinski definition) is 7. The summed E-state index contributed by atoms with van der Waals surface area (Å²) in [5.41, 5.74) is 2.14. The third-order valence-corrected chi connectivity index (χ3v) is 3.94. The minimum Gasteiger partial charge on any atom is -0.481 e. The first-order chi connectivity index (χ1) is 13.2. The number of ether oxygens (including phenoxy) is 1. The molecular weight excluding hydrogens is 346 g/mol. The molecule has 0 radical (unpaired) electrons. The summed E-state index contributed by atoms with van der Waals surface area (Å²) in [6.45, 7) is 0.368. The summed E-state index contributed by atoms with van der Waals surface area (Å²) in [4.78, 5) is 24.8. The highest BCUT2D eigenvalue weighted by molar-refractivity contribution is 5.58. The Labute approximate surface area is 154 Å². The predicted octanol–water partition coefficient (Wildman–Crippen LogP) is 2.41. The van der Waals surface area contributed by atoms with Gasteiger partial charge in [0.15, 0.2) is 0 Å². The molecule has 0 aliphatic rings. The predicted molar refractivity (Wildman–Crippen MR) is 97.1 cm³/mol. The van der Waals surface area contributed by atoms with Gasteiger partial charge in [-0.3, -0.25) is 9.78 Å². The highest BCUT2D eigenvalue weighted by Crippen LogP contribution is 2.21. The first-order valence-corrected chi connectivity index (χ1v) is 8.17. The molecule has 0 atom stereocenters. The first kappa shape index (κ1) is 16.6. The molecule has 0 bridgehead atoms. The molecule has 4 heterocycles. The molecule has 0 unspecified atom stereocenters. The fourth-order valence-corrected chi connectivity index (χ4v) is 2.56. The van der Waals surface area contributed by atoms with E-state index in [9.17, 15) is 4.79 Å². The van der Waals surface area contributed by atoms with Crippen molar-refractivity contribution in [2.45, 2.75) is 6.54 Å². The highest BCUT2D eigenvalue weighted by atomic mass is 16.5. The Morgan fingerprint density at radius 3 is 2.78 bits per heavy atom. The number of methoxy groups -OCH3 is 1. The van der Waals surface area contributed by atoms with Gasteiger partial charge in [0.1, 0.15) is 0 Å². The van der Waals surface area contributed by atoms with Crippen LogP contribution in [-0.2, 0) is 6.54 Å². The zero-order chi connectivity index (χ0) is 18.6. The van der Waals surface area contributed by atoms with Gasteiger partial charge in [-0.2, -0.15) is 4.98 Å². The van der Waals surface area contributed by atoms with E-state index in [0.29, 0.717) is 29.7 Å². The zero-order valence-corrected chi connectivity index (χ0v) is 14.4. The quantitative estimate of drug-likeness (QED) is 0.538. The summed E-state index contributed by atoms with van der Waals surface area (Å²) in [5.74, 6) is 1.29. The first-order valence-electron chi connectivity index (χ1n) is 8.17. The molecule has 8 nitrogen and oxygen atoms in total. The van der Waals surface area contributed by atoms with E-state index in [4.69, 9.17) is 9.26 Å². The van der Waals surface area contributed by atoms with E-state index in [1.807, 2.05) is 12.1 Å².